The van der Waals surface area contributed by atoms with Crippen LogP contribution in [0.5, 0.6) is 0 Å². The second kappa shape index (κ2) is 4.44. The minimum Gasteiger partial charge on any atom is -0.481 e. The first-order chi connectivity index (χ1) is 7.27. The van der Waals surface area contributed by atoms with Gasteiger partial charge in [-0.05, 0) is 17.8 Å². The van der Waals surface area contributed by atoms with E-state index in [1.54, 1.807) is 20.8 Å². The van der Waals surface area contributed by atoms with Crippen molar-refractivity contribution < 1.29 is 14.7 Å². The third-order valence-electron chi connectivity index (χ3n) is 3.15. The zero-order valence-electron chi connectivity index (χ0n) is 10.4. The zero-order chi connectivity index (χ0) is 12.5. The summed E-state index contributed by atoms with van der Waals surface area (Å²) in [5.41, 5.74) is -0.549. The molecule has 2 N–H and O–H groups in total. The van der Waals surface area contributed by atoms with Crippen LogP contribution in [-0.2, 0) is 9.59 Å². The van der Waals surface area contributed by atoms with Crippen molar-refractivity contribution in [2.45, 2.75) is 46.6 Å². The number of amides is 1. The van der Waals surface area contributed by atoms with Crippen LogP contribution < -0.4 is 5.32 Å². The molecule has 92 valence electrons. The maximum absolute atomic E-state index is 11.9. The van der Waals surface area contributed by atoms with Crippen LogP contribution in [-0.4, -0.2) is 23.0 Å². The quantitative estimate of drug-likeness (QED) is 0.718. The van der Waals surface area contributed by atoms with Gasteiger partial charge in [-0.1, -0.05) is 34.1 Å². The molecule has 1 rings (SSSR count). The average Bonchev–Trinajstić information content (AvgIpc) is 2.79. The second-order valence-electron chi connectivity index (χ2n) is 5.66. The van der Waals surface area contributed by atoms with E-state index in [1.807, 2.05) is 0 Å². The Morgan fingerprint density at radius 3 is 2.31 bits per heavy atom. The molecule has 1 fully saturated rings. The van der Waals surface area contributed by atoms with Crippen LogP contribution in [0.2, 0.25) is 0 Å². The van der Waals surface area contributed by atoms with Crippen LogP contribution in [0, 0.1) is 17.3 Å². The molecule has 0 bridgehead atoms. The zero-order valence-corrected chi connectivity index (χ0v) is 10.4. The lowest BCUT2D eigenvalue weighted by Gasteiger charge is -2.26. The number of rotatable bonds is 4. The van der Waals surface area contributed by atoms with Crippen LogP contribution in [0.25, 0.3) is 0 Å². The summed E-state index contributed by atoms with van der Waals surface area (Å²) in [5, 5.41) is 11.9. The van der Waals surface area contributed by atoms with E-state index >= 15 is 0 Å². The lowest BCUT2D eigenvalue weighted by molar-refractivity contribution is -0.151. The molecule has 0 aromatic carbocycles. The Balaban J connectivity index is 2.59. The number of hydrogen-bond acceptors (Lipinski definition) is 2. The van der Waals surface area contributed by atoms with E-state index in [0.29, 0.717) is 5.92 Å². The molecule has 4 nitrogen and oxygen atoms in total. The summed E-state index contributed by atoms with van der Waals surface area (Å²) in [6, 6.07) is 0.196. The molecule has 1 aliphatic rings. The maximum Gasteiger partial charge on any atom is 0.316 e. The number of carboxylic acids is 1. The Labute approximate surface area is 96.4 Å². The first kappa shape index (κ1) is 13.0. The Hall–Kier alpha value is -1.06. The Bertz CT molecular complexity index is 293. The highest BCUT2D eigenvalue weighted by Crippen LogP contribution is 2.34. The monoisotopic (exact) mass is 227 g/mol. The van der Waals surface area contributed by atoms with Gasteiger partial charge in [-0.3, -0.25) is 9.59 Å². The lowest BCUT2D eigenvalue weighted by Crippen LogP contribution is -2.43. The molecule has 1 aliphatic carbocycles. The largest absolute Gasteiger partial charge is 0.481 e. The van der Waals surface area contributed by atoms with Crippen molar-refractivity contribution in [3.63, 3.8) is 0 Å². The lowest BCUT2D eigenvalue weighted by atomic mass is 9.80. The van der Waals surface area contributed by atoms with Gasteiger partial charge in [0.25, 0.3) is 0 Å². The van der Waals surface area contributed by atoms with Gasteiger partial charge in [-0.25, -0.2) is 0 Å². The fraction of sp³-hybridized carbons (Fsp3) is 0.833. The number of nitrogens with one attached hydrogen (secondary N) is 1. The number of hydrogen-bond donors (Lipinski definition) is 2. The van der Waals surface area contributed by atoms with Crippen molar-refractivity contribution >= 4 is 11.9 Å². The second-order valence-corrected chi connectivity index (χ2v) is 5.66. The summed E-state index contributed by atoms with van der Waals surface area (Å²) in [4.78, 5) is 22.9. The molecule has 0 aromatic rings. The van der Waals surface area contributed by atoms with Crippen LogP contribution in [0.15, 0.2) is 0 Å². The van der Waals surface area contributed by atoms with Gasteiger partial charge in [0.15, 0.2) is 0 Å². The Morgan fingerprint density at radius 1 is 1.44 bits per heavy atom. The Kier molecular flexibility index (Phi) is 3.61. The molecule has 3 unspecified atom stereocenters. The Morgan fingerprint density at radius 2 is 2.00 bits per heavy atom. The molecule has 1 amide bonds. The van der Waals surface area contributed by atoms with Gasteiger partial charge in [-0.15, -0.1) is 0 Å². The van der Waals surface area contributed by atoms with E-state index in [-0.39, 0.29) is 11.9 Å². The maximum atomic E-state index is 11.9. The summed E-state index contributed by atoms with van der Waals surface area (Å²) in [6.07, 6.45) is 2.02. The summed E-state index contributed by atoms with van der Waals surface area (Å²) >= 11 is 0. The molecule has 0 radical (unpaired) electrons. The molecule has 0 heterocycles. The SMILES string of the molecule is CCC1CC1NC(=O)C(C(=O)O)C(C)(C)C. The summed E-state index contributed by atoms with van der Waals surface area (Å²) in [5.74, 6) is -1.82. The van der Waals surface area contributed by atoms with Crippen LogP contribution in [0.3, 0.4) is 0 Å². The van der Waals surface area contributed by atoms with Gasteiger partial charge in [0.1, 0.15) is 5.92 Å². The van der Waals surface area contributed by atoms with Gasteiger partial charge in [0, 0.05) is 6.04 Å². The molecule has 1 saturated carbocycles. The van der Waals surface area contributed by atoms with E-state index in [9.17, 15) is 9.59 Å². The fourth-order valence-corrected chi connectivity index (χ4v) is 2.02. The van der Waals surface area contributed by atoms with E-state index in [1.165, 1.54) is 0 Å². The van der Waals surface area contributed by atoms with Crippen LogP contribution >= 0.6 is 0 Å². The van der Waals surface area contributed by atoms with Crippen molar-refractivity contribution in [1.82, 2.24) is 5.32 Å². The van der Waals surface area contributed by atoms with Crippen molar-refractivity contribution in [3.05, 3.63) is 0 Å². The minimum absolute atomic E-state index is 0.196. The summed E-state index contributed by atoms with van der Waals surface area (Å²) < 4.78 is 0. The molecule has 0 spiro atoms. The first-order valence-electron chi connectivity index (χ1n) is 5.80. The molecule has 3 atom stereocenters. The van der Waals surface area contributed by atoms with Crippen LogP contribution in [0.1, 0.15) is 40.5 Å². The van der Waals surface area contributed by atoms with E-state index in [4.69, 9.17) is 5.11 Å². The molecule has 4 heteroatoms. The first-order valence-corrected chi connectivity index (χ1v) is 5.80. The van der Waals surface area contributed by atoms with Gasteiger partial charge in [0.2, 0.25) is 5.91 Å². The normalized spacial score (nSPS) is 26.0. The highest BCUT2D eigenvalue weighted by atomic mass is 16.4. The molecule has 16 heavy (non-hydrogen) atoms. The van der Waals surface area contributed by atoms with Gasteiger partial charge in [0.05, 0.1) is 0 Å². The summed E-state index contributed by atoms with van der Waals surface area (Å²) in [6.45, 7) is 7.40. The number of aliphatic carboxylic acids is 1. The summed E-state index contributed by atoms with van der Waals surface area (Å²) in [7, 11) is 0. The third kappa shape index (κ3) is 2.97. The average molecular weight is 227 g/mol. The van der Waals surface area contributed by atoms with Gasteiger partial charge >= 0.3 is 5.97 Å². The predicted octanol–water partition coefficient (Wildman–Crippen LogP) is 1.65. The number of carbonyl (C=O) groups is 2. The van der Waals surface area contributed by atoms with Crippen molar-refractivity contribution in [3.8, 4) is 0 Å². The topological polar surface area (TPSA) is 66.4 Å². The van der Waals surface area contributed by atoms with E-state index < -0.39 is 17.3 Å². The smallest absolute Gasteiger partial charge is 0.316 e. The number of carboxylic acid groups (broad SMARTS) is 1. The highest BCUT2D eigenvalue weighted by Gasteiger charge is 2.42. The molecular weight excluding hydrogens is 206 g/mol. The highest BCUT2D eigenvalue weighted by molar-refractivity contribution is 5.98. The fourth-order valence-electron chi connectivity index (χ4n) is 2.02. The van der Waals surface area contributed by atoms with Gasteiger partial charge in [-0.2, -0.15) is 0 Å². The predicted molar refractivity (Wildman–Crippen MR) is 60.9 cm³/mol. The van der Waals surface area contributed by atoms with Gasteiger partial charge < -0.3 is 10.4 Å². The number of carbonyl (C=O) groups excluding carboxylic acids is 1. The molecule has 0 saturated heterocycles. The molecule has 0 aliphatic heterocycles. The van der Waals surface area contributed by atoms with Crippen LogP contribution in [0.4, 0.5) is 0 Å². The molecular formula is C12H21NO3. The third-order valence-corrected chi connectivity index (χ3v) is 3.15. The molecule has 0 aromatic heterocycles. The van der Waals surface area contributed by atoms with Crippen molar-refractivity contribution in [2.24, 2.45) is 17.3 Å². The van der Waals surface area contributed by atoms with E-state index in [0.717, 1.165) is 12.8 Å². The minimum atomic E-state index is -1.04. The van der Waals surface area contributed by atoms with Crippen molar-refractivity contribution in [2.75, 3.05) is 0 Å². The van der Waals surface area contributed by atoms with Crippen molar-refractivity contribution in [1.29, 1.82) is 0 Å². The van der Waals surface area contributed by atoms with E-state index in [2.05, 4.69) is 12.2 Å². The standard InChI is InChI=1S/C12H21NO3/c1-5-7-6-8(7)13-10(14)9(11(15)16)12(2,3)4/h7-9H,5-6H2,1-4H3,(H,13,14)(H,15,16).